The number of ether oxygens (including phenoxy) is 1. The molecule has 0 radical (unpaired) electrons. The van der Waals surface area contributed by atoms with E-state index in [9.17, 15) is 17.2 Å². The number of benzene rings is 1. The fraction of sp³-hybridized carbons (Fsp3) is 0.538. The summed E-state index contributed by atoms with van der Waals surface area (Å²) in [6, 6.07) is 6.39. The Balaban J connectivity index is 1.74. The van der Waals surface area contributed by atoms with Crippen molar-refractivity contribution in [2.45, 2.75) is 19.6 Å². The summed E-state index contributed by atoms with van der Waals surface area (Å²) in [5.41, 5.74) is 0.937. The molecule has 0 spiro atoms. The first-order valence-corrected chi connectivity index (χ1v) is 8.22. The van der Waals surface area contributed by atoms with Gasteiger partial charge in [-0.2, -0.15) is 8.78 Å². The fourth-order valence-corrected chi connectivity index (χ4v) is 4.10. The van der Waals surface area contributed by atoms with Gasteiger partial charge in [0.2, 0.25) is 0 Å². The van der Waals surface area contributed by atoms with Crippen molar-refractivity contribution in [1.82, 2.24) is 5.32 Å². The van der Waals surface area contributed by atoms with E-state index < -0.39 is 16.4 Å². The zero-order valence-electron chi connectivity index (χ0n) is 10.9. The minimum absolute atomic E-state index is 0.130. The Bertz CT molecular complexity index is 531. The topological polar surface area (TPSA) is 55.4 Å². The molecule has 1 aromatic rings. The predicted molar refractivity (Wildman–Crippen MR) is 71.5 cm³/mol. The maximum atomic E-state index is 12.0. The highest BCUT2D eigenvalue weighted by atomic mass is 32.2. The number of hydrogen-bond acceptors (Lipinski definition) is 4. The number of hydrogen-bond donors (Lipinski definition) is 1. The van der Waals surface area contributed by atoms with Gasteiger partial charge in [-0.3, -0.25) is 0 Å². The molecule has 1 unspecified atom stereocenters. The van der Waals surface area contributed by atoms with Gasteiger partial charge in [0, 0.05) is 6.54 Å². The van der Waals surface area contributed by atoms with E-state index in [1.54, 1.807) is 12.1 Å². The number of halogens is 2. The molecule has 1 saturated heterocycles. The second kappa shape index (κ2) is 6.49. The third-order valence-corrected chi connectivity index (χ3v) is 5.07. The summed E-state index contributed by atoms with van der Waals surface area (Å²) in [6.45, 7) is -1.59. The van der Waals surface area contributed by atoms with Gasteiger partial charge >= 0.3 is 6.61 Å². The van der Waals surface area contributed by atoms with Crippen molar-refractivity contribution in [1.29, 1.82) is 0 Å². The van der Waals surface area contributed by atoms with Crippen LogP contribution in [-0.2, 0) is 16.4 Å². The maximum Gasteiger partial charge on any atom is 0.387 e. The minimum Gasteiger partial charge on any atom is -0.435 e. The van der Waals surface area contributed by atoms with Crippen LogP contribution in [0.4, 0.5) is 8.78 Å². The van der Waals surface area contributed by atoms with Crippen molar-refractivity contribution in [3.05, 3.63) is 29.8 Å². The van der Waals surface area contributed by atoms with Gasteiger partial charge in [0.1, 0.15) is 5.75 Å². The van der Waals surface area contributed by atoms with Gasteiger partial charge in [0.25, 0.3) is 0 Å². The molecule has 112 valence electrons. The average Bonchev–Trinajstić information content (AvgIpc) is 2.70. The monoisotopic (exact) mass is 305 g/mol. The highest BCUT2D eigenvalue weighted by Gasteiger charge is 2.27. The van der Waals surface area contributed by atoms with E-state index in [1.807, 2.05) is 0 Å². The van der Waals surface area contributed by atoms with Crippen LogP contribution in [0, 0.1) is 5.92 Å². The van der Waals surface area contributed by atoms with E-state index in [2.05, 4.69) is 10.1 Å². The summed E-state index contributed by atoms with van der Waals surface area (Å²) in [7, 11) is -2.84. The van der Waals surface area contributed by atoms with Crippen LogP contribution in [0.15, 0.2) is 24.3 Å². The van der Waals surface area contributed by atoms with Gasteiger partial charge in [-0.15, -0.1) is 0 Å². The molecule has 4 nitrogen and oxygen atoms in total. The molecular weight excluding hydrogens is 288 g/mol. The Kier molecular flexibility index (Phi) is 4.93. The molecule has 7 heteroatoms. The van der Waals surface area contributed by atoms with Crippen molar-refractivity contribution in [3.63, 3.8) is 0 Å². The Hall–Kier alpha value is -1.21. The highest BCUT2D eigenvalue weighted by Crippen LogP contribution is 2.18. The molecule has 0 amide bonds. The van der Waals surface area contributed by atoms with Gasteiger partial charge in [-0.25, -0.2) is 8.42 Å². The summed E-state index contributed by atoms with van der Waals surface area (Å²) < 4.78 is 50.8. The van der Waals surface area contributed by atoms with Crippen molar-refractivity contribution >= 4 is 9.84 Å². The van der Waals surface area contributed by atoms with Crippen molar-refractivity contribution in [3.8, 4) is 5.75 Å². The number of rotatable bonds is 6. The standard InChI is InChI=1S/C13H17F2NO3S/c14-13(15)19-12-3-1-10(2-4-12)7-16-8-11-5-6-20(17,18)9-11/h1-4,11,13,16H,5-9H2. The normalized spacial score (nSPS) is 21.2. The summed E-state index contributed by atoms with van der Waals surface area (Å²) in [6.07, 6.45) is 0.705. The second-order valence-corrected chi connectivity index (χ2v) is 7.15. The van der Waals surface area contributed by atoms with Crippen LogP contribution < -0.4 is 10.1 Å². The predicted octanol–water partition coefficient (Wildman–Crippen LogP) is 1.81. The quantitative estimate of drug-likeness (QED) is 0.871. The van der Waals surface area contributed by atoms with Crippen LogP contribution >= 0.6 is 0 Å². The van der Waals surface area contributed by atoms with Gasteiger partial charge in [0.15, 0.2) is 9.84 Å². The Morgan fingerprint density at radius 1 is 1.30 bits per heavy atom. The molecule has 1 aliphatic heterocycles. The Morgan fingerprint density at radius 2 is 2.00 bits per heavy atom. The molecular formula is C13H17F2NO3S. The van der Waals surface area contributed by atoms with Gasteiger partial charge in [-0.1, -0.05) is 12.1 Å². The first-order valence-electron chi connectivity index (χ1n) is 6.39. The lowest BCUT2D eigenvalue weighted by Crippen LogP contribution is -2.23. The lowest BCUT2D eigenvalue weighted by atomic mass is 10.1. The lowest BCUT2D eigenvalue weighted by molar-refractivity contribution is -0.0498. The first kappa shape index (κ1) is 15.2. The summed E-state index contributed by atoms with van der Waals surface area (Å²) in [4.78, 5) is 0. The second-order valence-electron chi connectivity index (χ2n) is 4.92. The fourth-order valence-electron chi connectivity index (χ4n) is 2.24. The molecule has 0 bridgehead atoms. The summed E-state index contributed by atoms with van der Waals surface area (Å²) in [5, 5.41) is 3.19. The Labute approximate surface area is 117 Å². The summed E-state index contributed by atoms with van der Waals surface area (Å²) in [5.74, 6) is 0.826. The molecule has 1 N–H and O–H groups in total. The van der Waals surface area contributed by atoms with Crippen LogP contribution in [0.25, 0.3) is 0 Å². The molecule has 1 aliphatic rings. The van der Waals surface area contributed by atoms with Crippen LogP contribution in [0.1, 0.15) is 12.0 Å². The third-order valence-electron chi connectivity index (χ3n) is 3.24. The van der Waals surface area contributed by atoms with E-state index in [-0.39, 0.29) is 23.2 Å². The van der Waals surface area contributed by atoms with Crippen LogP contribution in [0.5, 0.6) is 5.75 Å². The smallest absolute Gasteiger partial charge is 0.387 e. The van der Waals surface area contributed by atoms with Crippen LogP contribution in [-0.4, -0.2) is 33.1 Å². The number of sulfone groups is 1. The molecule has 0 saturated carbocycles. The van der Waals surface area contributed by atoms with Crippen molar-refractivity contribution in [2.75, 3.05) is 18.1 Å². The van der Waals surface area contributed by atoms with Crippen molar-refractivity contribution in [2.24, 2.45) is 5.92 Å². The van der Waals surface area contributed by atoms with Crippen LogP contribution in [0.3, 0.4) is 0 Å². The average molecular weight is 305 g/mol. The molecule has 0 aromatic heterocycles. The molecule has 1 fully saturated rings. The van der Waals surface area contributed by atoms with Gasteiger partial charge < -0.3 is 10.1 Å². The molecule has 1 aromatic carbocycles. The highest BCUT2D eigenvalue weighted by molar-refractivity contribution is 7.91. The van der Waals surface area contributed by atoms with E-state index in [1.165, 1.54) is 12.1 Å². The molecule has 1 heterocycles. The van der Waals surface area contributed by atoms with Gasteiger partial charge in [0.05, 0.1) is 11.5 Å². The third kappa shape index (κ3) is 4.72. The number of alkyl halides is 2. The maximum absolute atomic E-state index is 12.0. The SMILES string of the molecule is O=S1(=O)CCC(CNCc2ccc(OC(F)F)cc2)C1. The van der Waals surface area contributed by atoms with E-state index >= 15 is 0 Å². The molecule has 1 atom stereocenters. The van der Waals surface area contributed by atoms with E-state index in [0.717, 1.165) is 5.56 Å². The zero-order chi connectivity index (χ0) is 14.6. The summed E-state index contributed by atoms with van der Waals surface area (Å²) >= 11 is 0. The first-order chi connectivity index (χ1) is 9.44. The van der Waals surface area contributed by atoms with E-state index in [0.29, 0.717) is 19.5 Å². The molecule has 20 heavy (non-hydrogen) atoms. The Morgan fingerprint density at radius 3 is 2.55 bits per heavy atom. The van der Waals surface area contributed by atoms with E-state index in [4.69, 9.17) is 0 Å². The van der Waals surface area contributed by atoms with Gasteiger partial charge in [-0.05, 0) is 36.6 Å². The molecule has 2 rings (SSSR count). The minimum atomic E-state index is -2.84. The number of nitrogens with one attached hydrogen (secondary N) is 1. The zero-order valence-corrected chi connectivity index (χ0v) is 11.7. The molecule has 0 aliphatic carbocycles. The van der Waals surface area contributed by atoms with Crippen molar-refractivity contribution < 1.29 is 21.9 Å². The lowest BCUT2D eigenvalue weighted by Gasteiger charge is -2.10. The van der Waals surface area contributed by atoms with Crippen LogP contribution in [0.2, 0.25) is 0 Å². The largest absolute Gasteiger partial charge is 0.435 e.